The second-order valence-corrected chi connectivity index (χ2v) is 7.79. The number of ketones is 1. The van der Waals surface area contributed by atoms with Crippen molar-refractivity contribution < 1.29 is 14.7 Å². The SMILES string of the molecule is CC(C)(C)N1C[C@H](NC(=O)CCC(=O)[C@@H](N)CO)C2(CC2)C1. The molecule has 0 radical (unpaired) electrons. The van der Waals surface area contributed by atoms with Gasteiger partial charge in [0.25, 0.3) is 0 Å². The van der Waals surface area contributed by atoms with E-state index in [1.807, 2.05) is 0 Å². The number of aliphatic hydroxyl groups is 1. The molecule has 0 aromatic carbocycles. The number of nitrogens with two attached hydrogens (primary N) is 1. The van der Waals surface area contributed by atoms with Gasteiger partial charge in [0.2, 0.25) is 5.91 Å². The molecular weight excluding hydrogens is 282 g/mol. The van der Waals surface area contributed by atoms with Gasteiger partial charge < -0.3 is 16.2 Å². The highest BCUT2D eigenvalue weighted by Crippen LogP contribution is 2.53. The van der Waals surface area contributed by atoms with Crippen molar-refractivity contribution >= 4 is 11.7 Å². The van der Waals surface area contributed by atoms with Gasteiger partial charge in [0, 0.05) is 42.9 Å². The molecule has 126 valence electrons. The van der Waals surface area contributed by atoms with Gasteiger partial charge in [-0.05, 0) is 33.6 Å². The summed E-state index contributed by atoms with van der Waals surface area (Å²) in [7, 11) is 0. The van der Waals surface area contributed by atoms with Crippen LogP contribution in [-0.2, 0) is 9.59 Å². The fourth-order valence-corrected chi connectivity index (χ4v) is 3.14. The highest BCUT2D eigenvalue weighted by Gasteiger charge is 2.56. The molecule has 1 heterocycles. The van der Waals surface area contributed by atoms with Gasteiger partial charge in [0.15, 0.2) is 5.78 Å². The lowest BCUT2D eigenvalue weighted by Gasteiger charge is -2.31. The average Bonchev–Trinajstić information content (AvgIpc) is 3.12. The summed E-state index contributed by atoms with van der Waals surface area (Å²) in [6.07, 6.45) is 2.57. The summed E-state index contributed by atoms with van der Waals surface area (Å²) in [5.41, 5.74) is 5.80. The monoisotopic (exact) mass is 311 g/mol. The highest BCUT2D eigenvalue weighted by molar-refractivity contribution is 5.88. The second-order valence-electron chi connectivity index (χ2n) is 7.79. The quantitative estimate of drug-likeness (QED) is 0.643. The molecule has 6 nitrogen and oxygen atoms in total. The minimum atomic E-state index is -0.870. The summed E-state index contributed by atoms with van der Waals surface area (Å²) in [6, 6.07) is -0.689. The number of carbonyl (C=O) groups is 2. The maximum Gasteiger partial charge on any atom is 0.220 e. The zero-order valence-electron chi connectivity index (χ0n) is 13.9. The van der Waals surface area contributed by atoms with Gasteiger partial charge in [-0.3, -0.25) is 14.5 Å². The predicted molar refractivity (Wildman–Crippen MR) is 84.2 cm³/mol. The van der Waals surface area contributed by atoms with Gasteiger partial charge in [0.05, 0.1) is 12.6 Å². The number of carbonyl (C=O) groups excluding carboxylic acids is 2. The van der Waals surface area contributed by atoms with Gasteiger partial charge in [-0.25, -0.2) is 0 Å². The van der Waals surface area contributed by atoms with Crippen molar-refractivity contribution in [2.75, 3.05) is 19.7 Å². The van der Waals surface area contributed by atoms with Crippen LogP contribution in [0.15, 0.2) is 0 Å². The standard InChI is InChI=1S/C16H29N3O3/c1-15(2,3)19-8-13(16(10-19)6-7-16)18-14(22)5-4-12(21)11(17)9-20/h11,13,20H,4-10,17H2,1-3H3,(H,18,22)/t11-,13-/m0/s1. The number of Topliss-reactive ketones (excluding diaryl/α,β-unsaturated/α-hetero) is 1. The van der Waals surface area contributed by atoms with Crippen molar-refractivity contribution in [1.29, 1.82) is 0 Å². The van der Waals surface area contributed by atoms with E-state index in [0.717, 1.165) is 13.1 Å². The predicted octanol–water partition coefficient (Wildman–Crippen LogP) is 0.0344. The molecule has 1 saturated carbocycles. The molecule has 2 fully saturated rings. The number of aliphatic hydroxyl groups excluding tert-OH is 1. The first-order valence-electron chi connectivity index (χ1n) is 8.11. The van der Waals surface area contributed by atoms with Crippen LogP contribution in [0.25, 0.3) is 0 Å². The Morgan fingerprint density at radius 3 is 2.50 bits per heavy atom. The molecule has 1 aliphatic heterocycles. The van der Waals surface area contributed by atoms with Gasteiger partial charge in [-0.2, -0.15) is 0 Å². The third-order valence-electron chi connectivity index (χ3n) is 5.03. The van der Waals surface area contributed by atoms with Crippen LogP contribution in [0.3, 0.4) is 0 Å². The number of likely N-dealkylation sites (tertiary alicyclic amines) is 1. The number of nitrogens with zero attached hydrogens (tertiary/aromatic N) is 1. The second kappa shape index (κ2) is 6.26. The smallest absolute Gasteiger partial charge is 0.220 e. The molecule has 6 heteroatoms. The highest BCUT2D eigenvalue weighted by atomic mass is 16.3. The van der Waals surface area contributed by atoms with E-state index in [9.17, 15) is 9.59 Å². The van der Waals surface area contributed by atoms with Crippen LogP contribution in [-0.4, -0.2) is 59.0 Å². The Balaban J connectivity index is 1.83. The molecule has 1 saturated heterocycles. The third-order valence-corrected chi connectivity index (χ3v) is 5.03. The van der Waals surface area contributed by atoms with Gasteiger partial charge >= 0.3 is 0 Å². The number of rotatable bonds is 6. The Morgan fingerprint density at radius 1 is 1.36 bits per heavy atom. The van der Waals surface area contributed by atoms with Gasteiger partial charge in [-0.15, -0.1) is 0 Å². The topological polar surface area (TPSA) is 95.7 Å². The van der Waals surface area contributed by atoms with Crippen molar-refractivity contribution in [3.05, 3.63) is 0 Å². The maximum atomic E-state index is 12.1. The molecule has 2 atom stereocenters. The molecule has 1 spiro atoms. The molecular formula is C16H29N3O3. The van der Waals surface area contributed by atoms with Crippen LogP contribution in [0.5, 0.6) is 0 Å². The van der Waals surface area contributed by atoms with Crippen molar-refractivity contribution in [3.8, 4) is 0 Å². The van der Waals surface area contributed by atoms with E-state index >= 15 is 0 Å². The van der Waals surface area contributed by atoms with Crippen molar-refractivity contribution in [3.63, 3.8) is 0 Å². The molecule has 0 aromatic heterocycles. The normalized spacial score (nSPS) is 25.2. The molecule has 0 aromatic rings. The average molecular weight is 311 g/mol. The summed E-state index contributed by atoms with van der Waals surface area (Å²) in [5.74, 6) is -0.355. The van der Waals surface area contributed by atoms with Crippen molar-refractivity contribution in [2.45, 2.75) is 64.1 Å². The van der Waals surface area contributed by atoms with E-state index in [4.69, 9.17) is 10.8 Å². The van der Waals surface area contributed by atoms with Crippen LogP contribution < -0.4 is 11.1 Å². The fourth-order valence-electron chi connectivity index (χ4n) is 3.14. The first kappa shape index (κ1) is 17.4. The minimum Gasteiger partial charge on any atom is -0.394 e. The molecule has 22 heavy (non-hydrogen) atoms. The van der Waals surface area contributed by atoms with E-state index < -0.39 is 6.04 Å². The number of nitrogens with one attached hydrogen (secondary N) is 1. The maximum absolute atomic E-state index is 12.1. The van der Waals surface area contributed by atoms with E-state index in [0.29, 0.717) is 0 Å². The lowest BCUT2D eigenvalue weighted by Crippen LogP contribution is -2.44. The Hall–Kier alpha value is -0.980. The van der Waals surface area contributed by atoms with E-state index in [1.165, 1.54) is 12.8 Å². The first-order chi connectivity index (χ1) is 10.2. The van der Waals surface area contributed by atoms with E-state index in [1.54, 1.807) is 0 Å². The summed E-state index contributed by atoms with van der Waals surface area (Å²) in [5, 5.41) is 11.9. The molecule has 4 N–H and O–H groups in total. The Bertz CT molecular complexity index is 440. The van der Waals surface area contributed by atoms with E-state index in [2.05, 4.69) is 31.0 Å². The Morgan fingerprint density at radius 2 is 2.00 bits per heavy atom. The third kappa shape index (κ3) is 3.86. The fraction of sp³-hybridized carbons (Fsp3) is 0.875. The summed E-state index contributed by atoms with van der Waals surface area (Å²) >= 11 is 0. The summed E-state index contributed by atoms with van der Waals surface area (Å²) < 4.78 is 0. The molecule has 1 aliphatic carbocycles. The molecule has 0 bridgehead atoms. The lowest BCUT2D eigenvalue weighted by molar-refractivity contribution is -0.126. The number of hydrogen-bond donors (Lipinski definition) is 3. The first-order valence-corrected chi connectivity index (χ1v) is 8.11. The summed E-state index contributed by atoms with van der Waals surface area (Å²) in [6.45, 7) is 8.13. The molecule has 2 aliphatic rings. The van der Waals surface area contributed by atoms with Crippen molar-refractivity contribution in [2.24, 2.45) is 11.1 Å². The Labute approximate surface area is 132 Å². The van der Waals surface area contributed by atoms with Crippen molar-refractivity contribution in [1.82, 2.24) is 10.2 Å². The molecule has 0 unspecified atom stereocenters. The minimum absolute atomic E-state index is 0.0921. The number of hydrogen-bond acceptors (Lipinski definition) is 5. The number of amides is 1. The van der Waals surface area contributed by atoms with Crippen LogP contribution in [0.2, 0.25) is 0 Å². The van der Waals surface area contributed by atoms with Gasteiger partial charge in [0.1, 0.15) is 0 Å². The Kier molecular flexibility index (Phi) is 4.94. The van der Waals surface area contributed by atoms with Crippen LogP contribution >= 0.6 is 0 Å². The summed E-state index contributed by atoms with van der Waals surface area (Å²) in [4.78, 5) is 26.1. The molecule has 2 rings (SSSR count). The lowest BCUT2D eigenvalue weighted by atomic mass is 10.0. The zero-order valence-corrected chi connectivity index (χ0v) is 13.9. The van der Waals surface area contributed by atoms with Gasteiger partial charge in [-0.1, -0.05) is 0 Å². The molecule has 1 amide bonds. The van der Waals surface area contributed by atoms with Crippen LogP contribution in [0.1, 0.15) is 46.5 Å². The zero-order chi connectivity index (χ0) is 16.5. The van der Waals surface area contributed by atoms with Crippen LogP contribution in [0, 0.1) is 5.41 Å². The largest absolute Gasteiger partial charge is 0.394 e. The van der Waals surface area contributed by atoms with E-state index in [-0.39, 0.29) is 48.1 Å². The van der Waals surface area contributed by atoms with Crippen LogP contribution in [0.4, 0.5) is 0 Å².